The fourth-order valence-electron chi connectivity index (χ4n) is 2.37. The van der Waals surface area contributed by atoms with Crippen molar-refractivity contribution in [3.05, 3.63) is 70.3 Å². The fraction of sp³-hybridized carbons (Fsp3) is 0. The molecule has 5 heteroatoms. The second kappa shape index (κ2) is 4.86. The SMILES string of the molecule is O=C(O)c1c(-c2ccccc2)c2cc(F)ccc2[nH]c1=O. The van der Waals surface area contributed by atoms with Gasteiger partial charge in [-0.05, 0) is 23.8 Å². The number of hydrogen-bond acceptors (Lipinski definition) is 2. The van der Waals surface area contributed by atoms with Gasteiger partial charge in [0.2, 0.25) is 0 Å². The first-order valence-electron chi connectivity index (χ1n) is 6.22. The van der Waals surface area contributed by atoms with Gasteiger partial charge in [-0.3, -0.25) is 4.79 Å². The highest BCUT2D eigenvalue weighted by molar-refractivity contribution is 6.06. The molecule has 0 aliphatic rings. The number of halogens is 1. The van der Waals surface area contributed by atoms with E-state index in [4.69, 9.17) is 0 Å². The number of nitrogens with one attached hydrogen (secondary N) is 1. The van der Waals surface area contributed by atoms with Crippen LogP contribution in [0.5, 0.6) is 0 Å². The molecule has 0 spiro atoms. The Morgan fingerprint density at radius 2 is 1.81 bits per heavy atom. The number of aromatic nitrogens is 1. The van der Waals surface area contributed by atoms with Gasteiger partial charge in [0.15, 0.2) is 0 Å². The zero-order valence-electron chi connectivity index (χ0n) is 10.8. The van der Waals surface area contributed by atoms with Crippen LogP contribution >= 0.6 is 0 Å². The molecule has 3 aromatic rings. The van der Waals surface area contributed by atoms with Crippen LogP contribution in [0, 0.1) is 5.82 Å². The smallest absolute Gasteiger partial charge is 0.342 e. The van der Waals surface area contributed by atoms with E-state index < -0.39 is 17.3 Å². The van der Waals surface area contributed by atoms with E-state index in [1.165, 1.54) is 18.2 Å². The van der Waals surface area contributed by atoms with Crippen molar-refractivity contribution in [1.82, 2.24) is 4.98 Å². The van der Waals surface area contributed by atoms with E-state index in [2.05, 4.69) is 4.98 Å². The number of H-pyrrole nitrogens is 1. The van der Waals surface area contributed by atoms with Crippen LogP contribution in [-0.4, -0.2) is 16.1 Å². The van der Waals surface area contributed by atoms with E-state index in [1.54, 1.807) is 30.3 Å². The van der Waals surface area contributed by atoms with Crippen molar-refractivity contribution in [2.45, 2.75) is 0 Å². The molecule has 2 aromatic carbocycles. The molecule has 2 N–H and O–H groups in total. The van der Waals surface area contributed by atoms with Crippen molar-refractivity contribution in [3.63, 3.8) is 0 Å². The third kappa shape index (κ3) is 2.18. The highest BCUT2D eigenvalue weighted by Crippen LogP contribution is 2.29. The Hall–Kier alpha value is -2.95. The van der Waals surface area contributed by atoms with Crippen LogP contribution in [0.2, 0.25) is 0 Å². The first-order chi connectivity index (χ1) is 10.1. The van der Waals surface area contributed by atoms with Crippen molar-refractivity contribution in [2.24, 2.45) is 0 Å². The molecule has 21 heavy (non-hydrogen) atoms. The van der Waals surface area contributed by atoms with E-state index in [0.717, 1.165) is 0 Å². The second-order valence-electron chi connectivity index (χ2n) is 4.57. The Balaban J connectivity index is 2.53. The zero-order chi connectivity index (χ0) is 15.0. The summed E-state index contributed by atoms with van der Waals surface area (Å²) in [4.78, 5) is 25.9. The third-order valence-electron chi connectivity index (χ3n) is 3.25. The minimum Gasteiger partial charge on any atom is -0.477 e. The summed E-state index contributed by atoms with van der Waals surface area (Å²) in [5.74, 6) is -1.84. The number of aromatic amines is 1. The van der Waals surface area contributed by atoms with Gasteiger partial charge in [0.05, 0.1) is 0 Å². The predicted molar refractivity (Wildman–Crippen MR) is 76.9 cm³/mol. The van der Waals surface area contributed by atoms with Crippen LogP contribution in [0.1, 0.15) is 10.4 Å². The van der Waals surface area contributed by atoms with Crippen molar-refractivity contribution >= 4 is 16.9 Å². The van der Waals surface area contributed by atoms with Crippen LogP contribution in [0.4, 0.5) is 4.39 Å². The molecule has 0 saturated carbocycles. The number of hydrogen-bond donors (Lipinski definition) is 2. The molecule has 0 fully saturated rings. The van der Waals surface area contributed by atoms with Crippen molar-refractivity contribution in [2.75, 3.05) is 0 Å². The maximum atomic E-state index is 13.5. The highest BCUT2D eigenvalue weighted by atomic mass is 19.1. The van der Waals surface area contributed by atoms with Gasteiger partial charge < -0.3 is 10.1 Å². The average molecular weight is 283 g/mol. The number of pyridine rings is 1. The van der Waals surface area contributed by atoms with E-state index in [9.17, 15) is 19.1 Å². The standard InChI is InChI=1S/C16H10FNO3/c17-10-6-7-12-11(8-10)13(9-4-2-1-3-5-9)14(16(20)21)15(19)18-12/h1-8H,(H,18,19)(H,20,21). The van der Waals surface area contributed by atoms with Gasteiger partial charge in [0.25, 0.3) is 5.56 Å². The van der Waals surface area contributed by atoms with Gasteiger partial charge in [-0.15, -0.1) is 0 Å². The molecule has 1 heterocycles. The van der Waals surface area contributed by atoms with Crippen molar-refractivity contribution in [1.29, 1.82) is 0 Å². The molecule has 0 radical (unpaired) electrons. The van der Waals surface area contributed by atoms with Gasteiger partial charge in [-0.2, -0.15) is 0 Å². The number of rotatable bonds is 2. The maximum absolute atomic E-state index is 13.5. The monoisotopic (exact) mass is 283 g/mol. The fourth-order valence-corrected chi connectivity index (χ4v) is 2.37. The number of carboxylic acid groups (broad SMARTS) is 1. The van der Waals surface area contributed by atoms with Gasteiger partial charge >= 0.3 is 5.97 Å². The molecule has 3 rings (SSSR count). The lowest BCUT2D eigenvalue weighted by atomic mass is 9.96. The third-order valence-corrected chi connectivity index (χ3v) is 3.25. The molecule has 0 saturated heterocycles. The van der Waals surface area contributed by atoms with Gasteiger partial charge in [-0.25, -0.2) is 9.18 Å². The van der Waals surface area contributed by atoms with Gasteiger partial charge in [0, 0.05) is 16.5 Å². The number of benzene rings is 2. The Morgan fingerprint density at radius 1 is 1.10 bits per heavy atom. The van der Waals surface area contributed by atoms with Crippen LogP contribution in [0.3, 0.4) is 0 Å². The van der Waals surface area contributed by atoms with E-state index >= 15 is 0 Å². The Kier molecular flexibility index (Phi) is 3.02. The van der Waals surface area contributed by atoms with Crippen molar-refractivity contribution < 1.29 is 14.3 Å². The predicted octanol–water partition coefficient (Wildman–Crippen LogP) is 3.03. The minimum absolute atomic E-state index is 0.223. The molecule has 4 nitrogen and oxygen atoms in total. The maximum Gasteiger partial charge on any atom is 0.342 e. The molecule has 0 atom stereocenters. The summed E-state index contributed by atoms with van der Waals surface area (Å²) in [6.45, 7) is 0. The minimum atomic E-state index is -1.35. The summed E-state index contributed by atoms with van der Waals surface area (Å²) >= 11 is 0. The molecular weight excluding hydrogens is 273 g/mol. The lowest BCUT2D eigenvalue weighted by Crippen LogP contribution is -2.19. The summed E-state index contributed by atoms with van der Waals surface area (Å²) in [5, 5.41) is 9.68. The van der Waals surface area contributed by atoms with Crippen LogP contribution in [-0.2, 0) is 0 Å². The molecular formula is C16H10FNO3. The molecule has 0 bridgehead atoms. The number of aromatic carboxylic acids is 1. The second-order valence-corrected chi connectivity index (χ2v) is 4.57. The molecule has 1 aromatic heterocycles. The number of carboxylic acids is 1. The van der Waals surface area contributed by atoms with Crippen LogP contribution in [0.15, 0.2) is 53.3 Å². The molecule has 0 aliphatic carbocycles. The Labute approximate surface area is 118 Å². The summed E-state index contributed by atoms with van der Waals surface area (Å²) in [6, 6.07) is 12.5. The zero-order valence-corrected chi connectivity index (χ0v) is 10.8. The highest BCUT2D eigenvalue weighted by Gasteiger charge is 2.20. The average Bonchev–Trinajstić information content (AvgIpc) is 2.47. The molecule has 0 aliphatic heterocycles. The normalized spacial score (nSPS) is 10.7. The molecule has 0 unspecified atom stereocenters. The van der Waals surface area contributed by atoms with E-state index in [0.29, 0.717) is 16.5 Å². The quantitative estimate of drug-likeness (QED) is 0.759. The van der Waals surface area contributed by atoms with Gasteiger partial charge in [0.1, 0.15) is 11.4 Å². The Bertz CT molecular complexity index is 901. The van der Waals surface area contributed by atoms with Crippen LogP contribution < -0.4 is 5.56 Å². The van der Waals surface area contributed by atoms with Crippen LogP contribution in [0.25, 0.3) is 22.0 Å². The van der Waals surface area contributed by atoms with Crippen molar-refractivity contribution in [3.8, 4) is 11.1 Å². The van der Waals surface area contributed by atoms with E-state index in [1.807, 2.05) is 0 Å². The lowest BCUT2D eigenvalue weighted by Gasteiger charge is -2.10. The molecule has 0 amide bonds. The largest absolute Gasteiger partial charge is 0.477 e. The summed E-state index contributed by atoms with van der Waals surface area (Å²) in [7, 11) is 0. The summed E-state index contributed by atoms with van der Waals surface area (Å²) in [5.41, 5.74) is 0.0722. The first kappa shape index (κ1) is 13.1. The first-order valence-corrected chi connectivity index (χ1v) is 6.22. The summed E-state index contributed by atoms with van der Waals surface area (Å²) in [6.07, 6.45) is 0. The Morgan fingerprint density at radius 3 is 2.48 bits per heavy atom. The lowest BCUT2D eigenvalue weighted by molar-refractivity contribution is 0.0696. The molecule has 104 valence electrons. The topological polar surface area (TPSA) is 70.2 Å². The number of carbonyl (C=O) groups is 1. The summed E-state index contributed by atoms with van der Waals surface area (Å²) < 4.78 is 13.5. The van der Waals surface area contributed by atoms with E-state index in [-0.39, 0.29) is 11.1 Å². The number of fused-ring (bicyclic) bond motifs is 1. The van der Waals surface area contributed by atoms with Gasteiger partial charge in [-0.1, -0.05) is 30.3 Å².